The van der Waals surface area contributed by atoms with Crippen LogP contribution in [0.3, 0.4) is 0 Å². The number of rotatable bonds is 8. The van der Waals surface area contributed by atoms with Crippen molar-refractivity contribution in [3.63, 3.8) is 0 Å². The highest BCUT2D eigenvalue weighted by Crippen LogP contribution is 2.32. The number of nitrogens with one attached hydrogen (secondary N) is 1. The maximum absolute atomic E-state index is 11.7. The third-order valence-electron chi connectivity index (χ3n) is 3.28. The van der Waals surface area contributed by atoms with E-state index in [0.717, 1.165) is 19.3 Å². The summed E-state index contributed by atoms with van der Waals surface area (Å²) < 4.78 is 5.42. The molecule has 104 valence electrons. The lowest BCUT2D eigenvalue weighted by atomic mass is 9.80. The molecule has 1 saturated carbocycles. The zero-order chi connectivity index (χ0) is 13.5. The van der Waals surface area contributed by atoms with Crippen LogP contribution >= 0.6 is 0 Å². The van der Waals surface area contributed by atoms with E-state index in [1.54, 1.807) is 0 Å². The first-order valence-electron chi connectivity index (χ1n) is 6.70. The normalized spacial score (nSPS) is 24.1. The quantitative estimate of drug-likeness (QED) is 0.692. The van der Waals surface area contributed by atoms with Gasteiger partial charge in [0, 0.05) is 13.0 Å². The van der Waals surface area contributed by atoms with Gasteiger partial charge in [-0.1, -0.05) is 13.3 Å². The zero-order valence-corrected chi connectivity index (χ0v) is 11.1. The fourth-order valence-corrected chi connectivity index (χ4v) is 2.27. The van der Waals surface area contributed by atoms with Crippen molar-refractivity contribution >= 4 is 11.9 Å². The summed E-state index contributed by atoms with van der Waals surface area (Å²) in [6.07, 6.45) is 3.75. The molecule has 5 heteroatoms. The van der Waals surface area contributed by atoms with Gasteiger partial charge in [0.1, 0.15) is 6.04 Å². The minimum atomic E-state index is -0.953. The number of carbonyl (C=O) groups is 2. The van der Waals surface area contributed by atoms with Crippen LogP contribution in [0.5, 0.6) is 0 Å². The van der Waals surface area contributed by atoms with Crippen LogP contribution in [0.2, 0.25) is 0 Å². The Kier molecular flexibility index (Phi) is 6.12. The Morgan fingerprint density at radius 1 is 1.39 bits per heavy atom. The number of amides is 1. The first kappa shape index (κ1) is 15.0. The van der Waals surface area contributed by atoms with Crippen molar-refractivity contribution in [3.05, 3.63) is 0 Å². The van der Waals surface area contributed by atoms with Gasteiger partial charge in [0.05, 0.1) is 6.10 Å². The summed E-state index contributed by atoms with van der Waals surface area (Å²) in [6, 6.07) is -0.745. The molecule has 2 N–H and O–H groups in total. The molecule has 0 unspecified atom stereocenters. The van der Waals surface area contributed by atoms with Crippen LogP contribution in [0.4, 0.5) is 0 Å². The number of hydrogen-bond donors (Lipinski definition) is 2. The molecule has 5 nitrogen and oxygen atoms in total. The number of ether oxygens (including phenoxy) is 1. The second-order valence-electron chi connectivity index (χ2n) is 4.87. The average molecular weight is 257 g/mol. The van der Waals surface area contributed by atoms with Gasteiger partial charge in [-0.05, 0) is 32.1 Å². The molecule has 18 heavy (non-hydrogen) atoms. The van der Waals surface area contributed by atoms with Crippen molar-refractivity contribution in [2.24, 2.45) is 5.92 Å². The van der Waals surface area contributed by atoms with Crippen molar-refractivity contribution in [2.45, 2.75) is 58.1 Å². The topological polar surface area (TPSA) is 75.6 Å². The minimum absolute atomic E-state index is 0.157. The van der Waals surface area contributed by atoms with Crippen LogP contribution in [-0.4, -0.2) is 35.7 Å². The van der Waals surface area contributed by atoms with Gasteiger partial charge in [-0.2, -0.15) is 0 Å². The molecule has 0 radical (unpaired) electrons. The van der Waals surface area contributed by atoms with E-state index in [4.69, 9.17) is 9.84 Å². The summed E-state index contributed by atoms with van der Waals surface area (Å²) in [5.74, 6) is -0.764. The number of carboxylic acid groups (broad SMARTS) is 1. The van der Waals surface area contributed by atoms with Crippen LogP contribution in [0.25, 0.3) is 0 Å². The van der Waals surface area contributed by atoms with Gasteiger partial charge in [0.15, 0.2) is 0 Å². The molecule has 0 spiro atoms. The van der Waals surface area contributed by atoms with Crippen LogP contribution < -0.4 is 5.32 Å². The lowest BCUT2D eigenvalue weighted by molar-refractivity contribution is -0.142. The second-order valence-corrected chi connectivity index (χ2v) is 4.87. The smallest absolute Gasteiger partial charge is 0.326 e. The first-order valence-corrected chi connectivity index (χ1v) is 6.70. The summed E-state index contributed by atoms with van der Waals surface area (Å²) in [6.45, 7) is 4.57. The van der Waals surface area contributed by atoms with Crippen LogP contribution in [-0.2, 0) is 14.3 Å². The number of carbonyl (C=O) groups excluding carboxylic acids is 1. The van der Waals surface area contributed by atoms with Gasteiger partial charge in [0.25, 0.3) is 0 Å². The van der Waals surface area contributed by atoms with Gasteiger partial charge in [-0.3, -0.25) is 4.79 Å². The standard InChI is InChI=1S/C13H23NO4/c1-3-5-11(13(16)17)14-12(15)8-9-6-10(7-9)18-4-2/h9-11H,3-8H2,1-2H3,(H,14,15)(H,16,17)/t9?,10?,11-/m1/s1. The second kappa shape index (κ2) is 7.36. The zero-order valence-electron chi connectivity index (χ0n) is 11.1. The Labute approximate surface area is 108 Å². The summed E-state index contributed by atoms with van der Waals surface area (Å²) >= 11 is 0. The predicted octanol–water partition coefficient (Wildman–Crippen LogP) is 1.56. The molecule has 1 aliphatic carbocycles. The summed E-state index contributed by atoms with van der Waals surface area (Å²) in [4.78, 5) is 22.6. The number of aliphatic carboxylic acids is 1. The maximum atomic E-state index is 11.7. The lowest BCUT2D eigenvalue weighted by Gasteiger charge is -2.34. The molecule has 0 aromatic carbocycles. The number of carboxylic acids is 1. The lowest BCUT2D eigenvalue weighted by Crippen LogP contribution is -2.43. The Morgan fingerprint density at radius 3 is 2.56 bits per heavy atom. The molecule has 1 fully saturated rings. The van der Waals surface area contributed by atoms with Gasteiger partial charge in [-0.15, -0.1) is 0 Å². The highest BCUT2D eigenvalue weighted by Gasteiger charge is 2.31. The molecule has 0 bridgehead atoms. The molecule has 1 amide bonds. The van der Waals surface area contributed by atoms with E-state index in [1.165, 1.54) is 0 Å². The van der Waals surface area contributed by atoms with Crippen molar-refractivity contribution < 1.29 is 19.4 Å². The first-order chi connectivity index (χ1) is 8.56. The molecular formula is C13H23NO4. The Bertz CT molecular complexity index is 287. The maximum Gasteiger partial charge on any atom is 0.326 e. The van der Waals surface area contributed by atoms with Crippen LogP contribution in [0.15, 0.2) is 0 Å². The van der Waals surface area contributed by atoms with Crippen molar-refractivity contribution in [1.29, 1.82) is 0 Å². The van der Waals surface area contributed by atoms with Crippen molar-refractivity contribution in [2.75, 3.05) is 6.61 Å². The van der Waals surface area contributed by atoms with Gasteiger partial charge in [0.2, 0.25) is 5.91 Å². The van der Waals surface area contributed by atoms with E-state index in [2.05, 4.69) is 5.32 Å². The Morgan fingerprint density at radius 2 is 2.06 bits per heavy atom. The van der Waals surface area contributed by atoms with E-state index < -0.39 is 12.0 Å². The molecule has 1 atom stereocenters. The summed E-state index contributed by atoms with van der Waals surface area (Å²) in [7, 11) is 0. The van der Waals surface area contributed by atoms with Gasteiger partial charge >= 0.3 is 5.97 Å². The average Bonchev–Trinajstić information content (AvgIpc) is 2.25. The molecular weight excluding hydrogens is 234 g/mol. The Balaban J connectivity index is 2.23. The Hall–Kier alpha value is -1.10. The van der Waals surface area contributed by atoms with Crippen molar-refractivity contribution in [3.8, 4) is 0 Å². The fourth-order valence-electron chi connectivity index (χ4n) is 2.27. The minimum Gasteiger partial charge on any atom is -0.480 e. The van der Waals surface area contributed by atoms with Gasteiger partial charge in [-0.25, -0.2) is 4.79 Å². The SMILES string of the molecule is CCC[C@@H](NC(=O)CC1CC(OCC)C1)C(=O)O. The summed E-state index contributed by atoms with van der Waals surface area (Å²) in [5.41, 5.74) is 0. The summed E-state index contributed by atoms with van der Waals surface area (Å²) in [5, 5.41) is 11.5. The molecule has 0 aromatic heterocycles. The third-order valence-corrected chi connectivity index (χ3v) is 3.28. The third kappa shape index (κ3) is 4.64. The highest BCUT2D eigenvalue weighted by molar-refractivity contribution is 5.83. The number of hydrogen-bond acceptors (Lipinski definition) is 3. The monoisotopic (exact) mass is 257 g/mol. The van der Waals surface area contributed by atoms with E-state index in [0.29, 0.717) is 31.5 Å². The molecule has 0 heterocycles. The molecule has 0 aromatic rings. The fraction of sp³-hybridized carbons (Fsp3) is 0.846. The molecule has 1 aliphatic rings. The molecule has 1 rings (SSSR count). The predicted molar refractivity (Wildman–Crippen MR) is 67.2 cm³/mol. The van der Waals surface area contributed by atoms with Crippen LogP contribution in [0.1, 0.15) is 46.0 Å². The van der Waals surface area contributed by atoms with E-state index >= 15 is 0 Å². The van der Waals surface area contributed by atoms with Crippen molar-refractivity contribution in [1.82, 2.24) is 5.32 Å². The highest BCUT2D eigenvalue weighted by atomic mass is 16.5. The van der Waals surface area contributed by atoms with Crippen LogP contribution in [0, 0.1) is 5.92 Å². The molecule has 0 saturated heterocycles. The van der Waals surface area contributed by atoms with E-state index in [-0.39, 0.29) is 5.91 Å². The van der Waals surface area contributed by atoms with Gasteiger partial charge < -0.3 is 15.2 Å². The largest absolute Gasteiger partial charge is 0.480 e. The molecule has 0 aliphatic heterocycles. The van der Waals surface area contributed by atoms with E-state index in [9.17, 15) is 9.59 Å². The van der Waals surface area contributed by atoms with E-state index in [1.807, 2.05) is 13.8 Å².